The summed E-state index contributed by atoms with van der Waals surface area (Å²) < 4.78 is 3.53. The zero-order valence-corrected chi connectivity index (χ0v) is 16.0. The molecular weight excluding hydrogens is 330 g/mol. The van der Waals surface area contributed by atoms with E-state index >= 15 is 0 Å². The third-order valence-electron chi connectivity index (χ3n) is 4.80. The van der Waals surface area contributed by atoms with Crippen LogP contribution in [0.4, 0.5) is 11.9 Å². The summed E-state index contributed by atoms with van der Waals surface area (Å²) >= 11 is 0. The van der Waals surface area contributed by atoms with E-state index in [0.29, 0.717) is 23.7 Å². The fraction of sp³-hybridized carbons (Fsp3) is 0.611. The van der Waals surface area contributed by atoms with Crippen LogP contribution in [0.5, 0.6) is 0 Å². The number of anilines is 2. The second-order valence-electron chi connectivity index (χ2n) is 6.28. The van der Waals surface area contributed by atoms with E-state index in [4.69, 9.17) is 9.97 Å². The molecule has 0 atom stereocenters. The normalized spacial score (nSPS) is 14.4. The predicted molar refractivity (Wildman–Crippen MR) is 105 cm³/mol. The molecule has 1 fully saturated rings. The minimum absolute atomic E-state index is 0.0799. The second kappa shape index (κ2) is 7.79. The topological polar surface area (TPSA) is 71.2 Å². The summed E-state index contributed by atoms with van der Waals surface area (Å²) in [6.07, 6.45) is 0. The molecule has 0 spiro atoms. The number of hydrogen-bond donors (Lipinski definition) is 1. The number of imidazole rings is 1. The molecule has 0 aromatic carbocycles. The van der Waals surface area contributed by atoms with Crippen molar-refractivity contribution in [3.63, 3.8) is 0 Å². The Kier molecular flexibility index (Phi) is 5.47. The minimum Gasteiger partial charge on any atom is -0.343 e. The standard InChI is InChI=1S/C18H27N7O/c1-5-8-11-25-14-15(21-18(25)24-12-9-19-10-13-24)20-17(22(4)16(14)26)23(6-2)7-3/h19H,6-7,9-13H2,1-4H3. The van der Waals surface area contributed by atoms with Gasteiger partial charge >= 0.3 is 0 Å². The number of rotatable bonds is 5. The van der Waals surface area contributed by atoms with Crippen LogP contribution >= 0.6 is 0 Å². The third kappa shape index (κ3) is 3.15. The van der Waals surface area contributed by atoms with E-state index < -0.39 is 0 Å². The number of hydrogen-bond acceptors (Lipinski definition) is 6. The zero-order valence-electron chi connectivity index (χ0n) is 16.0. The molecule has 2 aromatic rings. The maximum Gasteiger partial charge on any atom is 0.281 e. The first-order valence-corrected chi connectivity index (χ1v) is 9.19. The first-order chi connectivity index (χ1) is 12.6. The van der Waals surface area contributed by atoms with Gasteiger partial charge in [-0.15, -0.1) is 5.92 Å². The van der Waals surface area contributed by atoms with Crippen LogP contribution in [0.1, 0.15) is 20.8 Å². The molecule has 0 aliphatic carbocycles. The maximum absolute atomic E-state index is 13.1. The highest BCUT2D eigenvalue weighted by Gasteiger charge is 2.23. The van der Waals surface area contributed by atoms with Crippen LogP contribution in [0, 0.1) is 11.8 Å². The number of fused-ring (bicyclic) bond motifs is 1. The van der Waals surface area contributed by atoms with Crippen LogP contribution in [-0.2, 0) is 13.6 Å². The van der Waals surface area contributed by atoms with E-state index in [2.05, 4.69) is 40.8 Å². The SMILES string of the molecule is CC#CCn1c(N2CCNCC2)nc2nc(N(CC)CC)n(C)c(=O)c21. The van der Waals surface area contributed by atoms with Crippen LogP contribution in [-0.4, -0.2) is 58.4 Å². The third-order valence-corrected chi connectivity index (χ3v) is 4.80. The van der Waals surface area contributed by atoms with Crippen molar-refractivity contribution in [2.45, 2.75) is 27.3 Å². The molecule has 0 saturated carbocycles. The summed E-state index contributed by atoms with van der Waals surface area (Å²) in [6.45, 7) is 11.4. The lowest BCUT2D eigenvalue weighted by Gasteiger charge is -2.28. The summed E-state index contributed by atoms with van der Waals surface area (Å²) in [5, 5.41) is 3.35. The van der Waals surface area contributed by atoms with Crippen LogP contribution in [0.3, 0.4) is 0 Å². The highest BCUT2D eigenvalue weighted by atomic mass is 16.1. The Labute approximate surface area is 153 Å². The van der Waals surface area contributed by atoms with E-state index in [1.807, 2.05) is 4.57 Å². The van der Waals surface area contributed by atoms with Crippen molar-refractivity contribution in [3.8, 4) is 11.8 Å². The second-order valence-corrected chi connectivity index (χ2v) is 6.28. The van der Waals surface area contributed by atoms with Crippen LogP contribution in [0.15, 0.2) is 4.79 Å². The highest BCUT2D eigenvalue weighted by molar-refractivity contribution is 5.76. The predicted octanol–water partition coefficient (Wildman–Crippen LogP) is 0.409. The molecule has 140 valence electrons. The van der Waals surface area contributed by atoms with Crippen molar-refractivity contribution in [2.75, 3.05) is 49.1 Å². The molecule has 26 heavy (non-hydrogen) atoms. The smallest absolute Gasteiger partial charge is 0.281 e. The van der Waals surface area contributed by atoms with Gasteiger partial charge in [-0.2, -0.15) is 9.97 Å². The summed E-state index contributed by atoms with van der Waals surface area (Å²) in [4.78, 5) is 26.9. The van der Waals surface area contributed by atoms with Crippen molar-refractivity contribution in [1.82, 2.24) is 24.4 Å². The van der Waals surface area contributed by atoms with Crippen molar-refractivity contribution in [1.29, 1.82) is 0 Å². The van der Waals surface area contributed by atoms with Crippen molar-refractivity contribution < 1.29 is 0 Å². The molecule has 3 heterocycles. The molecular formula is C18H27N7O. The van der Waals surface area contributed by atoms with E-state index in [1.165, 1.54) is 0 Å². The summed E-state index contributed by atoms with van der Waals surface area (Å²) in [5.41, 5.74) is 0.949. The van der Waals surface area contributed by atoms with Gasteiger partial charge in [0, 0.05) is 46.3 Å². The van der Waals surface area contributed by atoms with Gasteiger partial charge in [-0.1, -0.05) is 5.92 Å². The lowest BCUT2D eigenvalue weighted by molar-refractivity contribution is 0.573. The molecule has 8 heteroatoms. The average molecular weight is 357 g/mol. The highest BCUT2D eigenvalue weighted by Crippen LogP contribution is 2.21. The lowest BCUT2D eigenvalue weighted by atomic mass is 10.4. The zero-order chi connectivity index (χ0) is 18.7. The first kappa shape index (κ1) is 18.3. The van der Waals surface area contributed by atoms with E-state index in [-0.39, 0.29) is 5.56 Å². The summed E-state index contributed by atoms with van der Waals surface area (Å²) in [7, 11) is 1.77. The van der Waals surface area contributed by atoms with Gasteiger partial charge in [0.15, 0.2) is 11.2 Å². The van der Waals surface area contributed by atoms with Gasteiger partial charge in [0.2, 0.25) is 11.9 Å². The molecule has 3 rings (SSSR count). The number of nitrogens with one attached hydrogen (secondary N) is 1. The quantitative estimate of drug-likeness (QED) is 0.782. The molecule has 1 aliphatic rings. The van der Waals surface area contributed by atoms with Gasteiger partial charge in [-0.25, -0.2) is 0 Å². The van der Waals surface area contributed by atoms with Crippen LogP contribution < -0.4 is 20.7 Å². The Morgan fingerprint density at radius 3 is 2.50 bits per heavy atom. The van der Waals surface area contributed by atoms with E-state index in [9.17, 15) is 4.79 Å². The molecule has 1 saturated heterocycles. The largest absolute Gasteiger partial charge is 0.343 e. The van der Waals surface area contributed by atoms with E-state index in [1.54, 1.807) is 18.5 Å². The van der Waals surface area contributed by atoms with Gasteiger partial charge in [0.05, 0.1) is 6.54 Å². The Morgan fingerprint density at radius 2 is 1.88 bits per heavy atom. The molecule has 2 aromatic heterocycles. The fourth-order valence-electron chi connectivity index (χ4n) is 3.34. The molecule has 1 aliphatic heterocycles. The van der Waals surface area contributed by atoms with Crippen molar-refractivity contribution in [2.24, 2.45) is 7.05 Å². The Bertz CT molecular complexity index is 892. The van der Waals surface area contributed by atoms with Gasteiger partial charge in [-0.3, -0.25) is 13.9 Å². The van der Waals surface area contributed by atoms with Crippen LogP contribution in [0.2, 0.25) is 0 Å². The van der Waals surface area contributed by atoms with Gasteiger partial charge in [0.1, 0.15) is 0 Å². The summed E-state index contributed by atoms with van der Waals surface area (Å²) in [5.74, 6) is 7.43. The van der Waals surface area contributed by atoms with E-state index in [0.717, 1.165) is 45.2 Å². The average Bonchev–Trinajstić information content (AvgIpc) is 3.04. The van der Waals surface area contributed by atoms with Crippen molar-refractivity contribution in [3.05, 3.63) is 10.4 Å². The molecule has 0 bridgehead atoms. The molecule has 1 N–H and O–H groups in total. The van der Waals surface area contributed by atoms with Gasteiger partial charge < -0.3 is 15.1 Å². The Morgan fingerprint density at radius 1 is 1.19 bits per heavy atom. The Hall–Kier alpha value is -2.53. The molecule has 0 unspecified atom stereocenters. The molecule has 8 nitrogen and oxygen atoms in total. The molecule has 0 amide bonds. The number of piperazine rings is 1. The maximum atomic E-state index is 13.1. The fourth-order valence-corrected chi connectivity index (χ4v) is 3.34. The van der Waals surface area contributed by atoms with Crippen molar-refractivity contribution >= 4 is 23.1 Å². The first-order valence-electron chi connectivity index (χ1n) is 9.19. The van der Waals surface area contributed by atoms with Gasteiger partial charge in [-0.05, 0) is 20.8 Å². The minimum atomic E-state index is -0.0799. The molecule has 0 radical (unpaired) electrons. The Balaban J connectivity index is 2.22. The number of nitrogens with zero attached hydrogens (tertiary/aromatic N) is 6. The monoisotopic (exact) mass is 357 g/mol. The lowest BCUT2D eigenvalue weighted by Crippen LogP contribution is -2.44. The van der Waals surface area contributed by atoms with Gasteiger partial charge in [0.25, 0.3) is 5.56 Å². The van der Waals surface area contributed by atoms with Crippen LogP contribution in [0.25, 0.3) is 11.2 Å². The summed E-state index contributed by atoms with van der Waals surface area (Å²) in [6, 6.07) is 0. The number of aromatic nitrogens is 4.